The Morgan fingerprint density at radius 1 is 1.17 bits per heavy atom. The summed E-state index contributed by atoms with van der Waals surface area (Å²) in [6.07, 6.45) is 4.71. The largest absolute Gasteiger partial charge is 0.396 e. The molecule has 6 heteroatoms. The Kier molecular flexibility index (Phi) is 5.60. The molecule has 1 N–H and O–H groups in total. The van der Waals surface area contributed by atoms with E-state index in [2.05, 4.69) is 14.9 Å². The third-order valence-corrected chi connectivity index (χ3v) is 4.61. The second-order valence-electron chi connectivity index (χ2n) is 6.52. The van der Waals surface area contributed by atoms with Crippen LogP contribution in [0.1, 0.15) is 17.5 Å². The lowest BCUT2D eigenvalue weighted by atomic mass is 10.1. The van der Waals surface area contributed by atoms with Crippen LogP contribution in [-0.4, -0.2) is 57.0 Å². The molecule has 2 heterocycles. The highest BCUT2D eigenvalue weighted by molar-refractivity contribution is 5.16. The van der Waals surface area contributed by atoms with Crippen molar-refractivity contribution >= 4 is 0 Å². The third kappa shape index (κ3) is 4.41. The fourth-order valence-corrected chi connectivity index (χ4v) is 3.37. The molecule has 0 radical (unpaired) electrons. The van der Waals surface area contributed by atoms with Crippen LogP contribution >= 0.6 is 0 Å². The summed E-state index contributed by atoms with van der Waals surface area (Å²) in [5.74, 6) is -0.202. The van der Waals surface area contributed by atoms with Gasteiger partial charge in [0.1, 0.15) is 5.82 Å². The van der Waals surface area contributed by atoms with Gasteiger partial charge in [0.15, 0.2) is 0 Å². The van der Waals surface area contributed by atoms with Gasteiger partial charge in [0.25, 0.3) is 0 Å². The van der Waals surface area contributed by atoms with Crippen LogP contribution in [0, 0.1) is 5.82 Å². The fraction of sp³-hybridized carbons (Fsp3) is 0.500. The van der Waals surface area contributed by atoms with E-state index in [0.29, 0.717) is 6.04 Å². The van der Waals surface area contributed by atoms with Crippen molar-refractivity contribution in [1.82, 2.24) is 19.6 Å². The summed E-state index contributed by atoms with van der Waals surface area (Å²) in [5.41, 5.74) is 2.33. The van der Waals surface area contributed by atoms with Crippen LogP contribution in [0.15, 0.2) is 36.7 Å². The predicted octanol–water partition coefficient (Wildman–Crippen LogP) is 1.63. The minimum absolute atomic E-state index is 0.186. The normalized spacial score (nSPS) is 19.7. The molecule has 2 aromatic rings. The number of hydrogen-bond acceptors (Lipinski definition) is 4. The Labute approximate surface area is 142 Å². The zero-order chi connectivity index (χ0) is 16.9. The average molecular weight is 332 g/mol. The zero-order valence-electron chi connectivity index (χ0n) is 14.1. The number of rotatable bonds is 6. The van der Waals surface area contributed by atoms with Crippen molar-refractivity contribution in [3.63, 3.8) is 0 Å². The van der Waals surface area contributed by atoms with Crippen LogP contribution in [0.3, 0.4) is 0 Å². The molecule has 5 nitrogen and oxygen atoms in total. The van der Waals surface area contributed by atoms with Gasteiger partial charge in [-0.2, -0.15) is 5.10 Å². The Hall–Kier alpha value is -1.76. The lowest BCUT2D eigenvalue weighted by Crippen LogP contribution is -2.52. The first-order valence-electron chi connectivity index (χ1n) is 8.43. The first-order chi connectivity index (χ1) is 11.6. The number of aliphatic hydroxyl groups excluding tert-OH is 1. The summed E-state index contributed by atoms with van der Waals surface area (Å²) in [5, 5.41) is 13.6. The van der Waals surface area contributed by atoms with Gasteiger partial charge in [0.05, 0.1) is 6.20 Å². The van der Waals surface area contributed by atoms with E-state index >= 15 is 0 Å². The molecular weight excluding hydrogens is 307 g/mol. The van der Waals surface area contributed by atoms with Crippen molar-refractivity contribution in [3.8, 4) is 0 Å². The topological polar surface area (TPSA) is 44.5 Å². The molecule has 0 spiro atoms. The summed E-state index contributed by atoms with van der Waals surface area (Å²) in [6, 6.07) is 7.01. The lowest BCUT2D eigenvalue weighted by molar-refractivity contribution is 0.0499. The number of nitrogens with zero attached hydrogens (tertiary/aromatic N) is 4. The van der Waals surface area contributed by atoms with Gasteiger partial charge >= 0.3 is 0 Å². The summed E-state index contributed by atoms with van der Waals surface area (Å²) in [4.78, 5) is 4.81. The van der Waals surface area contributed by atoms with Gasteiger partial charge in [-0.05, 0) is 24.1 Å². The summed E-state index contributed by atoms with van der Waals surface area (Å²) in [6.45, 7) is 4.73. The molecule has 24 heavy (non-hydrogen) atoms. The Bertz CT molecular complexity index is 643. The van der Waals surface area contributed by atoms with Crippen molar-refractivity contribution in [2.75, 3.05) is 26.2 Å². The van der Waals surface area contributed by atoms with E-state index in [1.54, 1.807) is 0 Å². The van der Waals surface area contributed by atoms with Gasteiger partial charge in [0.2, 0.25) is 0 Å². The number of benzene rings is 1. The molecule has 1 aromatic heterocycles. The molecule has 1 fully saturated rings. The van der Waals surface area contributed by atoms with Crippen LogP contribution in [0.25, 0.3) is 0 Å². The number of aliphatic hydroxyl groups is 1. The Morgan fingerprint density at radius 2 is 1.96 bits per heavy atom. The summed E-state index contributed by atoms with van der Waals surface area (Å²) in [7, 11) is 1.93. The second-order valence-corrected chi connectivity index (χ2v) is 6.52. The molecule has 1 atom stereocenters. The monoisotopic (exact) mass is 332 g/mol. The quantitative estimate of drug-likeness (QED) is 0.873. The minimum Gasteiger partial charge on any atom is -0.396 e. The van der Waals surface area contributed by atoms with Crippen LogP contribution in [0.5, 0.6) is 0 Å². The molecule has 0 saturated carbocycles. The van der Waals surface area contributed by atoms with Crippen LogP contribution in [0.2, 0.25) is 0 Å². The van der Waals surface area contributed by atoms with Crippen LogP contribution in [-0.2, 0) is 20.1 Å². The predicted molar refractivity (Wildman–Crippen MR) is 90.8 cm³/mol. The molecule has 1 aliphatic rings. The number of hydrogen-bond donors (Lipinski definition) is 1. The Balaban J connectivity index is 1.61. The maximum atomic E-state index is 13.1. The van der Waals surface area contributed by atoms with Gasteiger partial charge in [-0.15, -0.1) is 0 Å². The highest BCUT2D eigenvalue weighted by atomic mass is 19.1. The smallest absolute Gasteiger partial charge is 0.123 e. The van der Waals surface area contributed by atoms with E-state index in [9.17, 15) is 9.50 Å². The molecule has 0 bridgehead atoms. The fourth-order valence-electron chi connectivity index (χ4n) is 3.37. The van der Waals surface area contributed by atoms with E-state index < -0.39 is 0 Å². The third-order valence-electron chi connectivity index (χ3n) is 4.61. The SMILES string of the molecule is Cn1cc(CN2CCN(Cc3ccc(F)cc3)C(CCO)C2)cn1. The average Bonchev–Trinajstić information content (AvgIpc) is 2.97. The maximum Gasteiger partial charge on any atom is 0.123 e. The number of piperazine rings is 1. The molecule has 3 rings (SSSR count). The minimum atomic E-state index is -0.202. The van der Waals surface area contributed by atoms with Crippen LogP contribution in [0.4, 0.5) is 4.39 Å². The number of aromatic nitrogens is 2. The van der Waals surface area contributed by atoms with Crippen LogP contribution < -0.4 is 0 Å². The van der Waals surface area contributed by atoms with E-state index in [4.69, 9.17) is 0 Å². The highest BCUT2D eigenvalue weighted by Crippen LogP contribution is 2.18. The van der Waals surface area contributed by atoms with Gasteiger partial charge in [-0.25, -0.2) is 4.39 Å². The first kappa shape index (κ1) is 17.1. The van der Waals surface area contributed by atoms with E-state index in [-0.39, 0.29) is 12.4 Å². The standard InChI is InChI=1S/C18H25FN4O/c1-21-11-16(10-20-21)12-22-7-8-23(18(14-22)6-9-24)13-15-2-4-17(19)5-3-15/h2-5,10-11,18,24H,6-9,12-14H2,1H3. The number of aryl methyl sites for hydroxylation is 1. The van der Waals surface area contributed by atoms with Crippen molar-refractivity contribution in [2.24, 2.45) is 7.05 Å². The first-order valence-corrected chi connectivity index (χ1v) is 8.43. The molecule has 1 aromatic carbocycles. The van der Waals surface area contributed by atoms with E-state index in [1.807, 2.05) is 36.3 Å². The van der Waals surface area contributed by atoms with Gasteiger partial charge < -0.3 is 5.11 Å². The summed E-state index contributed by atoms with van der Waals surface area (Å²) >= 11 is 0. The van der Waals surface area contributed by atoms with Crippen molar-refractivity contribution < 1.29 is 9.50 Å². The zero-order valence-corrected chi connectivity index (χ0v) is 14.1. The maximum absolute atomic E-state index is 13.1. The van der Waals surface area contributed by atoms with Crippen molar-refractivity contribution in [3.05, 3.63) is 53.6 Å². The van der Waals surface area contributed by atoms with Gasteiger partial charge in [-0.1, -0.05) is 12.1 Å². The van der Waals surface area contributed by atoms with Crippen molar-refractivity contribution in [2.45, 2.75) is 25.6 Å². The molecule has 0 amide bonds. The van der Waals surface area contributed by atoms with E-state index in [0.717, 1.165) is 44.7 Å². The van der Waals surface area contributed by atoms with Crippen molar-refractivity contribution in [1.29, 1.82) is 0 Å². The molecule has 1 aliphatic heterocycles. The molecule has 1 unspecified atom stereocenters. The second kappa shape index (κ2) is 7.88. The highest BCUT2D eigenvalue weighted by Gasteiger charge is 2.26. The molecular formula is C18H25FN4O. The van der Waals surface area contributed by atoms with Gasteiger partial charge in [0, 0.05) is 64.2 Å². The van der Waals surface area contributed by atoms with Gasteiger partial charge in [-0.3, -0.25) is 14.5 Å². The molecule has 1 saturated heterocycles. The van der Waals surface area contributed by atoms with E-state index in [1.165, 1.54) is 17.7 Å². The Morgan fingerprint density at radius 3 is 2.62 bits per heavy atom. The lowest BCUT2D eigenvalue weighted by Gasteiger charge is -2.41. The number of halogens is 1. The molecule has 0 aliphatic carbocycles. The summed E-state index contributed by atoms with van der Waals surface area (Å²) < 4.78 is 14.9. The molecule has 130 valence electrons.